The predicted octanol–water partition coefficient (Wildman–Crippen LogP) is 2.27. The van der Waals surface area contributed by atoms with Gasteiger partial charge in [-0.2, -0.15) is 0 Å². The van der Waals surface area contributed by atoms with E-state index in [1.807, 2.05) is 0 Å². The molecule has 0 aromatic heterocycles. The highest BCUT2D eigenvalue weighted by molar-refractivity contribution is 5.69. The van der Waals surface area contributed by atoms with Crippen LogP contribution in [0.25, 0.3) is 0 Å². The summed E-state index contributed by atoms with van der Waals surface area (Å²) in [6.45, 7) is 4.31. The van der Waals surface area contributed by atoms with Gasteiger partial charge in [-0.1, -0.05) is 32.6 Å². The van der Waals surface area contributed by atoms with E-state index < -0.39 is 6.10 Å². The largest absolute Gasteiger partial charge is 0.466 e. The molecule has 0 heterocycles. The summed E-state index contributed by atoms with van der Waals surface area (Å²) in [5, 5.41) is 9.44. The van der Waals surface area contributed by atoms with Crippen molar-refractivity contribution < 1.29 is 14.6 Å². The first-order valence-electron chi connectivity index (χ1n) is 5.54. The average Bonchev–Trinajstić information content (AvgIpc) is 2.13. The standard InChI is InChI=1S/C11H22O3/c1-3-5-6-7-8-10(12)9-11(13)14-4-2/h10,12H,3-9H2,1-2H3/t10-/m1/s1. The number of aliphatic hydroxyl groups is 1. The van der Waals surface area contributed by atoms with E-state index in [9.17, 15) is 9.90 Å². The molecule has 0 fully saturated rings. The van der Waals surface area contributed by atoms with Gasteiger partial charge < -0.3 is 9.84 Å². The molecular weight excluding hydrogens is 180 g/mol. The number of ether oxygens (including phenoxy) is 1. The lowest BCUT2D eigenvalue weighted by Crippen LogP contribution is -2.15. The van der Waals surface area contributed by atoms with E-state index in [0.29, 0.717) is 13.0 Å². The van der Waals surface area contributed by atoms with Crippen molar-refractivity contribution in [3.8, 4) is 0 Å². The Balaban J connectivity index is 3.35. The third-order valence-corrected chi connectivity index (χ3v) is 2.10. The van der Waals surface area contributed by atoms with Crippen molar-refractivity contribution in [2.75, 3.05) is 6.61 Å². The first-order chi connectivity index (χ1) is 6.70. The zero-order valence-corrected chi connectivity index (χ0v) is 9.29. The van der Waals surface area contributed by atoms with Crippen LogP contribution in [-0.4, -0.2) is 23.8 Å². The molecule has 14 heavy (non-hydrogen) atoms. The van der Waals surface area contributed by atoms with Gasteiger partial charge in [0, 0.05) is 0 Å². The summed E-state index contributed by atoms with van der Waals surface area (Å²) in [6.07, 6.45) is 4.84. The van der Waals surface area contributed by atoms with Crippen LogP contribution in [0.1, 0.15) is 52.4 Å². The van der Waals surface area contributed by atoms with Crippen molar-refractivity contribution in [2.45, 2.75) is 58.5 Å². The van der Waals surface area contributed by atoms with Crippen LogP contribution in [0.3, 0.4) is 0 Å². The number of hydrogen-bond acceptors (Lipinski definition) is 3. The Morgan fingerprint density at radius 2 is 2.00 bits per heavy atom. The van der Waals surface area contributed by atoms with Crippen molar-refractivity contribution in [3.05, 3.63) is 0 Å². The van der Waals surface area contributed by atoms with E-state index >= 15 is 0 Å². The van der Waals surface area contributed by atoms with E-state index in [4.69, 9.17) is 4.74 Å². The van der Waals surface area contributed by atoms with E-state index in [1.165, 1.54) is 12.8 Å². The summed E-state index contributed by atoms with van der Waals surface area (Å²) < 4.78 is 4.74. The quantitative estimate of drug-likeness (QED) is 0.485. The van der Waals surface area contributed by atoms with Gasteiger partial charge in [0.25, 0.3) is 0 Å². The van der Waals surface area contributed by atoms with Gasteiger partial charge in [-0.25, -0.2) is 0 Å². The van der Waals surface area contributed by atoms with Crippen molar-refractivity contribution >= 4 is 5.97 Å². The lowest BCUT2D eigenvalue weighted by Gasteiger charge is -2.09. The SMILES string of the molecule is CCCCCC[C@@H](O)CC(=O)OCC. The van der Waals surface area contributed by atoms with Crippen LogP contribution in [0.15, 0.2) is 0 Å². The lowest BCUT2D eigenvalue weighted by atomic mass is 10.1. The number of carbonyl (C=O) groups excluding carboxylic acids is 1. The number of carbonyl (C=O) groups is 1. The number of unbranched alkanes of at least 4 members (excludes halogenated alkanes) is 3. The molecule has 3 heteroatoms. The van der Waals surface area contributed by atoms with Crippen LogP contribution >= 0.6 is 0 Å². The number of rotatable bonds is 8. The van der Waals surface area contributed by atoms with Crippen LogP contribution in [-0.2, 0) is 9.53 Å². The van der Waals surface area contributed by atoms with Crippen molar-refractivity contribution in [1.29, 1.82) is 0 Å². The van der Waals surface area contributed by atoms with E-state index in [-0.39, 0.29) is 12.4 Å². The van der Waals surface area contributed by atoms with Gasteiger partial charge in [0.2, 0.25) is 0 Å². The summed E-state index contributed by atoms with van der Waals surface area (Å²) in [7, 11) is 0. The fourth-order valence-electron chi connectivity index (χ4n) is 1.32. The highest BCUT2D eigenvalue weighted by Gasteiger charge is 2.10. The first-order valence-corrected chi connectivity index (χ1v) is 5.54. The second kappa shape index (κ2) is 9.00. The second-order valence-electron chi connectivity index (χ2n) is 3.51. The smallest absolute Gasteiger partial charge is 0.308 e. The molecular formula is C11H22O3. The summed E-state index contributed by atoms with van der Waals surface area (Å²) in [5.41, 5.74) is 0. The third-order valence-electron chi connectivity index (χ3n) is 2.10. The Morgan fingerprint density at radius 1 is 1.29 bits per heavy atom. The molecule has 0 aromatic carbocycles. The van der Waals surface area contributed by atoms with Gasteiger partial charge in [-0.15, -0.1) is 0 Å². The molecule has 0 aromatic rings. The molecule has 0 saturated heterocycles. The summed E-state index contributed by atoms with van der Waals surface area (Å²) >= 11 is 0. The summed E-state index contributed by atoms with van der Waals surface area (Å²) in [4.78, 5) is 11.0. The van der Waals surface area contributed by atoms with Gasteiger partial charge in [0.15, 0.2) is 0 Å². The molecule has 0 rings (SSSR count). The molecule has 0 radical (unpaired) electrons. The molecule has 0 unspecified atom stereocenters. The van der Waals surface area contributed by atoms with Crippen LogP contribution in [0.2, 0.25) is 0 Å². The van der Waals surface area contributed by atoms with Crippen LogP contribution in [0, 0.1) is 0 Å². The maximum absolute atomic E-state index is 11.0. The van der Waals surface area contributed by atoms with Crippen molar-refractivity contribution in [3.63, 3.8) is 0 Å². The highest BCUT2D eigenvalue weighted by Crippen LogP contribution is 2.08. The molecule has 0 aliphatic carbocycles. The van der Waals surface area contributed by atoms with Gasteiger partial charge in [-0.05, 0) is 13.3 Å². The maximum Gasteiger partial charge on any atom is 0.308 e. The molecule has 0 amide bonds. The lowest BCUT2D eigenvalue weighted by molar-refractivity contribution is -0.145. The molecule has 0 spiro atoms. The molecule has 3 nitrogen and oxygen atoms in total. The Hall–Kier alpha value is -0.570. The molecule has 1 N–H and O–H groups in total. The van der Waals surface area contributed by atoms with Crippen LogP contribution in [0.4, 0.5) is 0 Å². The molecule has 0 aliphatic heterocycles. The Bertz CT molecular complexity index is 145. The van der Waals surface area contributed by atoms with Gasteiger partial charge in [0.1, 0.15) is 0 Å². The Labute approximate surface area is 86.5 Å². The average molecular weight is 202 g/mol. The highest BCUT2D eigenvalue weighted by atomic mass is 16.5. The molecule has 0 bridgehead atoms. The van der Waals surface area contributed by atoms with E-state index in [2.05, 4.69) is 6.92 Å². The zero-order valence-electron chi connectivity index (χ0n) is 9.29. The number of aliphatic hydroxyl groups excluding tert-OH is 1. The fourth-order valence-corrected chi connectivity index (χ4v) is 1.32. The van der Waals surface area contributed by atoms with Gasteiger partial charge in [-0.3, -0.25) is 4.79 Å². The van der Waals surface area contributed by atoms with Crippen LogP contribution < -0.4 is 0 Å². The molecule has 0 aliphatic rings. The second-order valence-corrected chi connectivity index (χ2v) is 3.51. The normalized spacial score (nSPS) is 12.5. The van der Waals surface area contributed by atoms with Gasteiger partial charge in [0.05, 0.1) is 19.1 Å². The Morgan fingerprint density at radius 3 is 2.57 bits per heavy atom. The zero-order chi connectivity index (χ0) is 10.8. The minimum atomic E-state index is -0.522. The summed E-state index contributed by atoms with van der Waals surface area (Å²) in [6, 6.07) is 0. The molecule has 0 saturated carbocycles. The third kappa shape index (κ3) is 8.05. The fraction of sp³-hybridized carbons (Fsp3) is 0.909. The van der Waals surface area contributed by atoms with E-state index in [1.54, 1.807) is 6.92 Å². The maximum atomic E-state index is 11.0. The molecule has 84 valence electrons. The number of esters is 1. The van der Waals surface area contributed by atoms with Gasteiger partial charge >= 0.3 is 5.97 Å². The van der Waals surface area contributed by atoms with Crippen molar-refractivity contribution in [2.24, 2.45) is 0 Å². The monoisotopic (exact) mass is 202 g/mol. The topological polar surface area (TPSA) is 46.5 Å². The summed E-state index contributed by atoms with van der Waals surface area (Å²) in [5.74, 6) is -0.296. The van der Waals surface area contributed by atoms with E-state index in [0.717, 1.165) is 12.8 Å². The predicted molar refractivity (Wildman–Crippen MR) is 56.0 cm³/mol. The first kappa shape index (κ1) is 13.4. The van der Waals surface area contributed by atoms with Crippen LogP contribution in [0.5, 0.6) is 0 Å². The Kier molecular flexibility index (Phi) is 8.64. The minimum Gasteiger partial charge on any atom is -0.466 e. The molecule has 1 atom stereocenters. The minimum absolute atomic E-state index is 0.139. The van der Waals surface area contributed by atoms with Crippen molar-refractivity contribution in [1.82, 2.24) is 0 Å². The number of hydrogen-bond donors (Lipinski definition) is 1.